The van der Waals surface area contributed by atoms with Crippen molar-refractivity contribution in [1.82, 2.24) is 4.90 Å². The maximum atomic E-state index is 12.0. The van der Waals surface area contributed by atoms with Gasteiger partial charge in [-0.15, -0.1) is 0 Å². The van der Waals surface area contributed by atoms with Gasteiger partial charge in [-0.2, -0.15) is 0 Å². The van der Waals surface area contributed by atoms with Crippen molar-refractivity contribution in [2.75, 3.05) is 32.1 Å². The third kappa shape index (κ3) is 6.54. The second kappa shape index (κ2) is 8.61. The fraction of sp³-hybridized carbons (Fsp3) is 0.235. The van der Waals surface area contributed by atoms with E-state index in [0.717, 1.165) is 5.75 Å². The number of anilines is 1. The average molecular weight is 363 g/mol. The number of benzene rings is 2. The molecular formula is C17H21N3O4S. The summed E-state index contributed by atoms with van der Waals surface area (Å²) in [5, 5.41) is 7.73. The average Bonchev–Trinajstić information content (AvgIpc) is 2.55. The van der Waals surface area contributed by atoms with E-state index in [1.165, 1.54) is 24.3 Å². The van der Waals surface area contributed by atoms with Gasteiger partial charge in [0.2, 0.25) is 15.9 Å². The van der Waals surface area contributed by atoms with Crippen molar-refractivity contribution in [2.45, 2.75) is 4.90 Å². The van der Waals surface area contributed by atoms with Gasteiger partial charge in [0.25, 0.3) is 0 Å². The largest absolute Gasteiger partial charge is 0.492 e. The minimum atomic E-state index is -3.74. The molecular weight excluding hydrogens is 342 g/mol. The van der Waals surface area contributed by atoms with E-state index >= 15 is 0 Å². The summed E-state index contributed by atoms with van der Waals surface area (Å²) < 4.78 is 28.0. The van der Waals surface area contributed by atoms with E-state index < -0.39 is 10.0 Å². The highest BCUT2D eigenvalue weighted by Gasteiger charge is 2.09. The molecule has 0 aliphatic rings. The lowest BCUT2D eigenvalue weighted by molar-refractivity contribution is -0.117. The molecule has 0 heterocycles. The third-order valence-electron chi connectivity index (χ3n) is 3.37. The minimum absolute atomic E-state index is 0.000628. The Kier molecular flexibility index (Phi) is 6.51. The Hall–Kier alpha value is -2.42. The summed E-state index contributed by atoms with van der Waals surface area (Å²) in [5.74, 6) is 0.584. The summed E-state index contributed by atoms with van der Waals surface area (Å²) in [7, 11) is -1.92. The summed E-state index contributed by atoms with van der Waals surface area (Å²) in [6.07, 6.45) is 0. The zero-order chi connectivity index (χ0) is 18.3. The Morgan fingerprint density at radius 1 is 1.12 bits per heavy atom. The van der Waals surface area contributed by atoms with Crippen LogP contribution in [0.2, 0.25) is 0 Å². The van der Waals surface area contributed by atoms with Gasteiger partial charge in [-0.05, 0) is 43.4 Å². The highest BCUT2D eigenvalue weighted by Crippen LogP contribution is 2.12. The maximum Gasteiger partial charge on any atom is 0.238 e. The van der Waals surface area contributed by atoms with Gasteiger partial charge < -0.3 is 10.1 Å². The van der Waals surface area contributed by atoms with Crippen molar-refractivity contribution >= 4 is 21.6 Å². The van der Waals surface area contributed by atoms with E-state index in [-0.39, 0.29) is 17.3 Å². The van der Waals surface area contributed by atoms with Crippen molar-refractivity contribution in [3.63, 3.8) is 0 Å². The molecule has 0 radical (unpaired) electrons. The first-order valence-electron chi connectivity index (χ1n) is 7.64. The van der Waals surface area contributed by atoms with Crippen LogP contribution in [0, 0.1) is 0 Å². The second-order valence-corrected chi connectivity index (χ2v) is 7.08. The molecule has 2 rings (SSSR count). The van der Waals surface area contributed by atoms with Crippen LogP contribution in [0.3, 0.4) is 0 Å². The van der Waals surface area contributed by atoms with E-state index in [1.54, 1.807) is 0 Å². The zero-order valence-corrected chi connectivity index (χ0v) is 14.7. The molecule has 8 heteroatoms. The van der Waals surface area contributed by atoms with Gasteiger partial charge in [-0.1, -0.05) is 18.2 Å². The monoisotopic (exact) mass is 363 g/mol. The van der Waals surface area contributed by atoms with Gasteiger partial charge in [-0.3, -0.25) is 9.69 Å². The maximum absolute atomic E-state index is 12.0. The Morgan fingerprint density at radius 3 is 2.36 bits per heavy atom. The van der Waals surface area contributed by atoms with Crippen LogP contribution >= 0.6 is 0 Å². The standard InChI is InChI=1S/C17H21N3O4S/c1-20(11-12-24-15-5-3-2-4-6-15)13-17(21)19-14-7-9-16(10-8-14)25(18,22)23/h2-10H,11-13H2,1H3,(H,19,21)(H2,18,22,23). The van der Waals surface area contributed by atoms with Crippen LogP contribution in [0.15, 0.2) is 59.5 Å². The predicted molar refractivity (Wildman–Crippen MR) is 95.9 cm³/mol. The number of nitrogens with zero attached hydrogens (tertiary/aromatic N) is 1. The molecule has 2 aromatic rings. The molecule has 25 heavy (non-hydrogen) atoms. The van der Waals surface area contributed by atoms with Crippen LogP contribution in [0.4, 0.5) is 5.69 Å². The molecule has 0 aliphatic carbocycles. The number of carbonyl (C=O) groups is 1. The first-order chi connectivity index (χ1) is 11.8. The van der Waals surface area contributed by atoms with Crippen molar-refractivity contribution in [2.24, 2.45) is 5.14 Å². The number of nitrogens with two attached hydrogens (primary N) is 1. The summed E-state index contributed by atoms with van der Waals surface area (Å²) in [6.45, 7) is 1.25. The van der Waals surface area contributed by atoms with Crippen molar-refractivity contribution < 1.29 is 17.9 Å². The summed E-state index contributed by atoms with van der Waals surface area (Å²) >= 11 is 0. The quantitative estimate of drug-likeness (QED) is 0.736. The van der Waals surface area contributed by atoms with Gasteiger partial charge in [0.1, 0.15) is 12.4 Å². The molecule has 7 nitrogen and oxygen atoms in total. The second-order valence-electron chi connectivity index (χ2n) is 5.52. The SMILES string of the molecule is CN(CCOc1ccccc1)CC(=O)Nc1ccc(S(N)(=O)=O)cc1. The van der Waals surface area contributed by atoms with Gasteiger partial charge >= 0.3 is 0 Å². The lowest BCUT2D eigenvalue weighted by Crippen LogP contribution is -2.33. The Bertz CT molecular complexity index is 792. The van der Waals surface area contributed by atoms with Gasteiger partial charge in [0.15, 0.2) is 0 Å². The molecule has 0 saturated carbocycles. The van der Waals surface area contributed by atoms with E-state index in [1.807, 2.05) is 42.3 Å². The molecule has 0 aliphatic heterocycles. The number of likely N-dealkylation sites (N-methyl/N-ethyl adjacent to an activating group) is 1. The van der Waals surface area contributed by atoms with Crippen LogP contribution in [-0.2, 0) is 14.8 Å². The topological polar surface area (TPSA) is 102 Å². The van der Waals surface area contributed by atoms with E-state index in [0.29, 0.717) is 18.8 Å². The lowest BCUT2D eigenvalue weighted by atomic mass is 10.3. The van der Waals surface area contributed by atoms with Crippen molar-refractivity contribution in [3.8, 4) is 5.75 Å². The van der Waals surface area contributed by atoms with Crippen LogP contribution in [0.5, 0.6) is 5.75 Å². The highest BCUT2D eigenvalue weighted by atomic mass is 32.2. The zero-order valence-electron chi connectivity index (χ0n) is 13.9. The first kappa shape index (κ1) is 18.9. The number of primary sulfonamides is 1. The molecule has 0 aromatic heterocycles. The normalized spacial score (nSPS) is 11.3. The number of ether oxygens (including phenoxy) is 1. The summed E-state index contributed by atoms with van der Waals surface area (Å²) in [4.78, 5) is 13.8. The number of para-hydroxylation sites is 1. The molecule has 0 atom stereocenters. The number of nitrogens with one attached hydrogen (secondary N) is 1. The molecule has 0 saturated heterocycles. The summed E-state index contributed by atoms with van der Waals surface area (Å²) in [6, 6.07) is 15.1. The minimum Gasteiger partial charge on any atom is -0.492 e. The van der Waals surface area contributed by atoms with Crippen LogP contribution in [0.25, 0.3) is 0 Å². The van der Waals surface area contributed by atoms with Crippen molar-refractivity contribution in [1.29, 1.82) is 0 Å². The van der Waals surface area contributed by atoms with E-state index in [9.17, 15) is 13.2 Å². The van der Waals surface area contributed by atoms with E-state index in [2.05, 4.69) is 5.32 Å². The molecule has 1 amide bonds. The predicted octanol–water partition coefficient (Wildman–Crippen LogP) is 1.28. The fourth-order valence-corrected chi connectivity index (χ4v) is 2.60. The van der Waals surface area contributed by atoms with E-state index in [4.69, 9.17) is 9.88 Å². The molecule has 0 bridgehead atoms. The first-order valence-corrected chi connectivity index (χ1v) is 9.18. The fourth-order valence-electron chi connectivity index (χ4n) is 2.09. The molecule has 0 unspecified atom stereocenters. The Morgan fingerprint density at radius 2 is 1.76 bits per heavy atom. The highest BCUT2D eigenvalue weighted by molar-refractivity contribution is 7.89. The van der Waals surface area contributed by atoms with Gasteiger partial charge in [-0.25, -0.2) is 13.6 Å². The lowest BCUT2D eigenvalue weighted by Gasteiger charge is -2.16. The number of sulfonamides is 1. The smallest absolute Gasteiger partial charge is 0.238 e. The molecule has 3 N–H and O–H groups in total. The molecule has 2 aromatic carbocycles. The third-order valence-corrected chi connectivity index (χ3v) is 4.29. The Balaban J connectivity index is 1.75. The number of rotatable bonds is 8. The van der Waals surface area contributed by atoms with Crippen molar-refractivity contribution in [3.05, 3.63) is 54.6 Å². The van der Waals surface area contributed by atoms with Crippen LogP contribution in [-0.4, -0.2) is 46.0 Å². The number of hydrogen-bond acceptors (Lipinski definition) is 5. The van der Waals surface area contributed by atoms with Gasteiger partial charge in [0, 0.05) is 12.2 Å². The molecule has 0 spiro atoms. The number of hydrogen-bond donors (Lipinski definition) is 2. The molecule has 0 fully saturated rings. The van der Waals surface area contributed by atoms with Crippen LogP contribution in [0.1, 0.15) is 0 Å². The van der Waals surface area contributed by atoms with Crippen LogP contribution < -0.4 is 15.2 Å². The number of amides is 1. The molecule has 134 valence electrons. The Labute approximate surface area is 147 Å². The number of carbonyl (C=O) groups excluding carboxylic acids is 1. The van der Waals surface area contributed by atoms with Gasteiger partial charge in [0.05, 0.1) is 11.4 Å². The summed E-state index contributed by atoms with van der Waals surface area (Å²) in [5.41, 5.74) is 0.506.